The quantitative estimate of drug-likeness (QED) is 0.397. The van der Waals surface area contributed by atoms with Crippen molar-refractivity contribution < 1.29 is 36.4 Å². The summed E-state index contributed by atoms with van der Waals surface area (Å²) in [6.45, 7) is 2.13. The van der Waals surface area contributed by atoms with E-state index in [1.54, 1.807) is 0 Å². The molecule has 0 atom stereocenters. The Morgan fingerprint density at radius 3 is 2.29 bits per heavy atom. The maximum atomic E-state index is 10.5. The van der Waals surface area contributed by atoms with Crippen LogP contribution < -0.4 is 0 Å². The molecule has 3 nitrogen and oxygen atoms in total. The van der Waals surface area contributed by atoms with Crippen LogP contribution in [0.3, 0.4) is 0 Å². The van der Waals surface area contributed by atoms with Gasteiger partial charge in [-0.3, -0.25) is 0 Å². The molecule has 0 bridgehead atoms. The van der Waals surface area contributed by atoms with Gasteiger partial charge in [0.05, 0.1) is 6.61 Å². The zero-order valence-corrected chi connectivity index (χ0v) is 10.5. The first-order valence-corrected chi connectivity index (χ1v) is 5.07. The van der Waals surface area contributed by atoms with Crippen molar-refractivity contribution in [3.05, 3.63) is 0 Å². The monoisotopic (exact) mass is 236 g/mol. The number of hydrogen-bond donors (Lipinski definition) is 1. The number of unbranched alkanes of at least 4 members (excludes halogenated alkanes) is 5. The number of aliphatic hydroxyl groups excluding tert-OH is 1. The fourth-order valence-electron chi connectivity index (χ4n) is 1.11. The second-order valence-electron chi connectivity index (χ2n) is 3.15. The van der Waals surface area contributed by atoms with Crippen LogP contribution in [0.4, 0.5) is 0 Å². The topological polar surface area (TPSA) is 46.5 Å². The van der Waals surface area contributed by atoms with E-state index in [-0.39, 0.29) is 21.7 Å². The van der Waals surface area contributed by atoms with Crippen LogP contribution in [0.1, 0.15) is 45.4 Å². The Kier molecular flexibility index (Phi) is 15.6. The van der Waals surface area contributed by atoms with Gasteiger partial charge in [0, 0.05) is 0 Å². The van der Waals surface area contributed by atoms with Gasteiger partial charge in [0.1, 0.15) is 6.61 Å². The average molecular weight is 236 g/mol. The summed E-state index contributed by atoms with van der Waals surface area (Å²) in [5, 5.41) is 8.33. The minimum absolute atomic E-state index is 0. The fourth-order valence-corrected chi connectivity index (χ4v) is 1.11. The van der Waals surface area contributed by atoms with Gasteiger partial charge in [0.25, 0.3) is 0 Å². The van der Waals surface area contributed by atoms with Crippen molar-refractivity contribution in [3.63, 3.8) is 0 Å². The van der Waals surface area contributed by atoms with Gasteiger partial charge in [-0.1, -0.05) is 39.0 Å². The van der Waals surface area contributed by atoms with E-state index in [0.29, 0.717) is 6.61 Å². The van der Waals surface area contributed by atoms with Gasteiger partial charge >= 0.3 is 27.7 Å². The van der Waals surface area contributed by atoms with Crippen molar-refractivity contribution >= 4 is 5.97 Å². The van der Waals surface area contributed by atoms with E-state index >= 15 is 0 Å². The standard InChI is InChI=1S/C10H20O3.Ti/c1-2-3-4-5-6-7-8-13-10(12)9-11;/h11H,2-9H2,1H3;/q;+2. The van der Waals surface area contributed by atoms with E-state index in [1.807, 2.05) is 0 Å². The Morgan fingerprint density at radius 2 is 1.71 bits per heavy atom. The van der Waals surface area contributed by atoms with Crippen molar-refractivity contribution in [1.82, 2.24) is 0 Å². The summed E-state index contributed by atoms with van der Waals surface area (Å²) < 4.78 is 4.71. The molecule has 14 heavy (non-hydrogen) atoms. The van der Waals surface area contributed by atoms with Gasteiger partial charge in [0.2, 0.25) is 0 Å². The summed E-state index contributed by atoms with van der Waals surface area (Å²) >= 11 is 0. The normalized spacial score (nSPS) is 9.29. The van der Waals surface area contributed by atoms with Crippen molar-refractivity contribution in [3.8, 4) is 0 Å². The molecule has 0 aromatic carbocycles. The second-order valence-corrected chi connectivity index (χ2v) is 3.15. The molecule has 0 saturated carbocycles. The van der Waals surface area contributed by atoms with E-state index in [4.69, 9.17) is 9.84 Å². The predicted molar refractivity (Wildman–Crippen MR) is 51.4 cm³/mol. The largest absolute Gasteiger partial charge is 2.00 e. The predicted octanol–water partition coefficient (Wildman–Crippen LogP) is 1.88. The summed E-state index contributed by atoms with van der Waals surface area (Å²) in [6, 6.07) is 0. The Labute approximate surface area is 101 Å². The summed E-state index contributed by atoms with van der Waals surface area (Å²) in [5.41, 5.74) is 0. The zero-order chi connectivity index (χ0) is 9.94. The molecule has 0 radical (unpaired) electrons. The molecular weight excluding hydrogens is 216 g/mol. The van der Waals surface area contributed by atoms with Crippen molar-refractivity contribution in [2.75, 3.05) is 13.2 Å². The van der Waals surface area contributed by atoms with Crippen LogP contribution in [0, 0.1) is 0 Å². The maximum absolute atomic E-state index is 10.5. The number of hydrogen-bond acceptors (Lipinski definition) is 3. The number of carbonyl (C=O) groups excluding carboxylic acids is 1. The van der Waals surface area contributed by atoms with Crippen LogP contribution in [-0.2, 0) is 31.2 Å². The van der Waals surface area contributed by atoms with E-state index < -0.39 is 12.6 Å². The molecule has 80 valence electrons. The van der Waals surface area contributed by atoms with E-state index in [1.165, 1.54) is 25.7 Å². The van der Waals surface area contributed by atoms with Crippen molar-refractivity contribution in [1.29, 1.82) is 0 Å². The maximum Gasteiger partial charge on any atom is 2.00 e. The molecule has 0 aromatic rings. The Hall–Kier alpha value is 0.144. The molecule has 1 N–H and O–H groups in total. The number of aliphatic hydroxyl groups is 1. The molecule has 0 aliphatic carbocycles. The number of esters is 1. The van der Waals surface area contributed by atoms with Crippen molar-refractivity contribution in [2.24, 2.45) is 0 Å². The number of carbonyl (C=O) groups is 1. The van der Waals surface area contributed by atoms with Crippen LogP contribution in [0.5, 0.6) is 0 Å². The second kappa shape index (κ2) is 13.1. The van der Waals surface area contributed by atoms with E-state index in [0.717, 1.165) is 12.8 Å². The van der Waals surface area contributed by atoms with Crippen LogP contribution >= 0.6 is 0 Å². The first kappa shape index (κ1) is 16.6. The van der Waals surface area contributed by atoms with E-state index in [2.05, 4.69) is 6.92 Å². The minimum Gasteiger partial charge on any atom is -0.464 e. The minimum atomic E-state index is -0.520. The van der Waals surface area contributed by atoms with Gasteiger partial charge in [-0.05, 0) is 6.42 Å². The first-order valence-electron chi connectivity index (χ1n) is 5.07. The Morgan fingerprint density at radius 1 is 1.14 bits per heavy atom. The molecule has 0 amide bonds. The summed E-state index contributed by atoms with van der Waals surface area (Å²) in [7, 11) is 0. The third-order valence-electron chi connectivity index (χ3n) is 1.89. The molecule has 0 heterocycles. The van der Waals surface area contributed by atoms with Crippen LogP contribution in [0.15, 0.2) is 0 Å². The molecule has 0 aliphatic heterocycles. The number of rotatable bonds is 8. The van der Waals surface area contributed by atoms with Gasteiger partial charge in [-0.15, -0.1) is 0 Å². The van der Waals surface area contributed by atoms with Crippen molar-refractivity contribution in [2.45, 2.75) is 45.4 Å². The fraction of sp³-hybridized carbons (Fsp3) is 0.900. The molecule has 0 unspecified atom stereocenters. The van der Waals surface area contributed by atoms with Gasteiger partial charge in [-0.25, -0.2) is 4.79 Å². The molecule has 4 heteroatoms. The van der Waals surface area contributed by atoms with Crippen LogP contribution in [0.25, 0.3) is 0 Å². The Balaban J connectivity index is 0. The summed E-state index contributed by atoms with van der Waals surface area (Å²) in [6.07, 6.45) is 7.04. The van der Waals surface area contributed by atoms with E-state index in [9.17, 15) is 4.79 Å². The number of ether oxygens (including phenoxy) is 1. The molecule has 0 fully saturated rings. The SMILES string of the molecule is CCCCCCCCOC(=O)CO.[Ti+2]. The molecule has 0 spiro atoms. The smallest absolute Gasteiger partial charge is 0.464 e. The van der Waals surface area contributed by atoms with Gasteiger partial charge < -0.3 is 9.84 Å². The molecule has 0 aliphatic rings. The van der Waals surface area contributed by atoms with Gasteiger partial charge in [-0.2, -0.15) is 0 Å². The molecule has 0 rings (SSSR count). The summed E-state index contributed by atoms with van der Waals surface area (Å²) in [5.74, 6) is -0.520. The van der Waals surface area contributed by atoms with Crippen LogP contribution in [-0.4, -0.2) is 24.3 Å². The zero-order valence-electron chi connectivity index (χ0n) is 8.92. The molecular formula is C10H20O3Ti+2. The molecule has 0 saturated heterocycles. The van der Waals surface area contributed by atoms with Crippen LogP contribution in [0.2, 0.25) is 0 Å². The summed E-state index contributed by atoms with van der Waals surface area (Å²) in [4.78, 5) is 10.5. The molecule has 0 aromatic heterocycles. The average Bonchev–Trinajstić information content (AvgIpc) is 2.16. The third-order valence-corrected chi connectivity index (χ3v) is 1.89. The third kappa shape index (κ3) is 12.1. The van der Waals surface area contributed by atoms with Gasteiger partial charge in [0.15, 0.2) is 0 Å². The first-order chi connectivity index (χ1) is 6.31. The Bertz CT molecular complexity index is 129.